The fraction of sp³-hybridized carbons (Fsp3) is 0.308. The van der Waals surface area contributed by atoms with Crippen molar-refractivity contribution >= 4 is 11.9 Å². The lowest BCUT2D eigenvalue weighted by Gasteiger charge is -2.12. The van der Waals surface area contributed by atoms with Crippen molar-refractivity contribution < 1.29 is 19.4 Å². The first kappa shape index (κ1) is 14.8. The van der Waals surface area contributed by atoms with Crippen molar-refractivity contribution in [3.63, 3.8) is 0 Å². The Morgan fingerprint density at radius 2 is 2.32 bits per heavy atom. The Kier molecular flexibility index (Phi) is 5.69. The zero-order valence-electron chi connectivity index (χ0n) is 10.6. The van der Waals surface area contributed by atoms with Gasteiger partial charge in [0.05, 0.1) is 18.3 Å². The first-order valence-electron chi connectivity index (χ1n) is 5.74. The van der Waals surface area contributed by atoms with Gasteiger partial charge in [-0.1, -0.05) is 6.08 Å². The van der Waals surface area contributed by atoms with Gasteiger partial charge in [-0.05, 0) is 19.1 Å². The number of carboxylic acid groups (broad SMARTS) is 1. The van der Waals surface area contributed by atoms with Crippen LogP contribution < -0.4 is 5.32 Å². The van der Waals surface area contributed by atoms with E-state index in [4.69, 9.17) is 9.84 Å². The molecular formula is C13H16N2O4. The predicted molar refractivity (Wildman–Crippen MR) is 69.1 cm³/mol. The molecule has 1 heterocycles. The van der Waals surface area contributed by atoms with E-state index in [1.54, 1.807) is 6.08 Å². The van der Waals surface area contributed by atoms with Crippen LogP contribution in [0.1, 0.15) is 27.8 Å². The van der Waals surface area contributed by atoms with Crippen LogP contribution in [0.5, 0.6) is 0 Å². The molecule has 1 unspecified atom stereocenters. The van der Waals surface area contributed by atoms with Gasteiger partial charge in [0.2, 0.25) is 0 Å². The van der Waals surface area contributed by atoms with Gasteiger partial charge in [-0.2, -0.15) is 0 Å². The van der Waals surface area contributed by atoms with E-state index in [-0.39, 0.29) is 23.3 Å². The third-order valence-electron chi connectivity index (χ3n) is 2.29. The minimum absolute atomic E-state index is 0.0410. The lowest BCUT2D eigenvalue weighted by atomic mass is 10.2. The van der Waals surface area contributed by atoms with Crippen LogP contribution in [0, 0.1) is 0 Å². The Balaban J connectivity index is 2.49. The van der Waals surface area contributed by atoms with Gasteiger partial charge in [-0.15, -0.1) is 6.58 Å². The highest BCUT2D eigenvalue weighted by Crippen LogP contribution is 2.00. The Labute approximate surface area is 111 Å². The maximum Gasteiger partial charge on any atom is 0.337 e. The fourth-order valence-electron chi connectivity index (χ4n) is 1.27. The number of pyridine rings is 1. The zero-order valence-corrected chi connectivity index (χ0v) is 10.6. The van der Waals surface area contributed by atoms with E-state index in [2.05, 4.69) is 16.9 Å². The van der Waals surface area contributed by atoms with Crippen LogP contribution in [0.4, 0.5) is 0 Å². The van der Waals surface area contributed by atoms with Crippen LogP contribution in [0.2, 0.25) is 0 Å². The van der Waals surface area contributed by atoms with E-state index in [1.165, 1.54) is 12.1 Å². The molecule has 0 aliphatic carbocycles. The highest BCUT2D eigenvalue weighted by atomic mass is 16.5. The van der Waals surface area contributed by atoms with Crippen LogP contribution in [-0.4, -0.2) is 41.2 Å². The molecule has 6 heteroatoms. The number of carboxylic acids is 1. The molecule has 0 radical (unpaired) electrons. The van der Waals surface area contributed by atoms with E-state index < -0.39 is 5.97 Å². The van der Waals surface area contributed by atoms with Crippen molar-refractivity contribution in [2.24, 2.45) is 0 Å². The van der Waals surface area contributed by atoms with Crippen molar-refractivity contribution in [1.82, 2.24) is 10.3 Å². The van der Waals surface area contributed by atoms with Crippen LogP contribution >= 0.6 is 0 Å². The van der Waals surface area contributed by atoms with Crippen molar-refractivity contribution in [1.29, 1.82) is 0 Å². The molecule has 1 rings (SSSR count). The lowest BCUT2D eigenvalue weighted by molar-refractivity contribution is 0.0695. The highest BCUT2D eigenvalue weighted by Gasteiger charge is 2.10. The number of nitrogens with one attached hydrogen (secondary N) is 1. The lowest BCUT2D eigenvalue weighted by Crippen LogP contribution is -2.32. The largest absolute Gasteiger partial charge is 0.478 e. The second-order valence-corrected chi connectivity index (χ2v) is 3.88. The predicted octanol–water partition coefficient (Wildman–Crippen LogP) is 1.10. The molecule has 19 heavy (non-hydrogen) atoms. The average molecular weight is 264 g/mol. The van der Waals surface area contributed by atoms with E-state index in [9.17, 15) is 9.59 Å². The third-order valence-corrected chi connectivity index (χ3v) is 2.29. The standard InChI is InChI=1S/C13H16N2O4/c1-3-6-19-9(2)7-15-12(16)11-5-4-10(8-14-11)13(17)18/h3-5,8-9H,1,6-7H2,2H3,(H,15,16)(H,17,18). The number of aromatic carboxylic acids is 1. The molecule has 0 aliphatic rings. The Morgan fingerprint density at radius 3 is 2.84 bits per heavy atom. The summed E-state index contributed by atoms with van der Waals surface area (Å²) in [5, 5.41) is 11.4. The Hall–Kier alpha value is -2.21. The van der Waals surface area contributed by atoms with Gasteiger partial charge in [0.25, 0.3) is 5.91 Å². The number of nitrogens with zero attached hydrogens (tertiary/aromatic N) is 1. The molecule has 0 saturated carbocycles. The molecule has 0 aromatic carbocycles. The number of hydrogen-bond donors (Lipinski definition) is 2. The number of aromatic nitrogens is 1. The molecule has 1 aromatic rings. The van der Waals surface area contributed by atoms with E-state index in [0.29, 0.717) is 13.2 Å². The average Bonchev–Trinajstić information content (AvgIpc) is 2.42. The second kappa shape index (κ2) is 7.27. The Morgan fingerprint density at radius 1 is 1.58 bits per heavy atom. The van der Waals surface area contributed by atoms with Gasteiger partial charge in [0.1, 0.15) is 5.69 Å². The fourth-order valence-corrected chi connectivity index (χ4v) is 1.27. The molecule has 1 aromatic heterocycles. The molecule has 0 saturated heterocycles. The summed E-state index contributed by atoms with van der Waals surface area (Å²) >= 11 is 0. The first-order chi connectivity index (χ1) is 9.04. The summed E-state index contributed by atoms with van der Waals surface area (Å²) in [6.07, 6.45) is 2.64. The van der Waals surface area contributed by atoms with Gasteiger partial charge in [0, 0.05) is 12.7 Å². The molecule has 102 valence electrons. The summed E-state index contributed by atoms with van der Waals surface area (Å²) in [6.45, 7) is 6.11. The molecule has 1 atom stereocenters. The van der Waals surface area contributed by atoms with Crippen LogP contribution in [0.3, 0.4) is 0 Å². The normalized spacial score (nSPS) is 11.6. The van der Waals surface area contributed by atoms with Gasteiger partial charge < -0.3 is 15.2 Å². The molecule has 6 nitrogen and oxygen atoms in total. The monoisotopic (exact) mass is 264 g/mol. The first-order valence-corrected chi connectivity index (χ1v) is 5.74. The zero-order chi connectivity index (χ0) is 14.3. The summed E-state index contributed by atoms with van der Waals surface area (Å²) in [5.74, 6) is -1.45. The summed E-state index contributed by atoms with van der Waals surface area (Å²) in [6, 6.07) is 2.70. The van der Waals surface area contributed by atoms with Crippen LogP contribution in [0.25, 0.3) is 0 Å². The van der Waals surface area contributed by atoms with E-state index in [0.717, 1.165) is 6.20 Å². The molecule has 2 N–H and O–H groups in total. The van der Waals surface area contributed by atoms with Crippen molar-refractivity contribution in [2.45, 2.75) is 13.0 Å². The van der Waals surface area contributed by atoms with Crippen LogP contribution in [0.15, 0.2) is 31.0 Å². The summed E-state index contributed by atoms with van der Waals surface area (Å²) in [7, 11) is 0. The maximum atomic E-state index is 11.7. The second-order valence-electron chi connectivity index (χ2n) is 3.88. The SMILES string of the molecule is C=CCOC(C)CNC(=O)c1ccc(C(=O)O)cn1. The van der Waals surface area contributed by atoms with Crippen LogP contribution in [-0.2, 0) is 4.74 Å². The molecule has 0 aliphatic heterocycles. The van der Waals surface area contributed by atoms with Gasteiger partial charge in [-0.25, -0.2) is 4.79 Å². The Bertz CT molecular complexity index is 456. The smallest absolute Gasteiger partial charge is 0.337 e. The van der Waals surface area contributed by atoms with E-state index >= 15 is 0 Å². The molecule has 1 amide bonds. The maximum absolute atomic E-state index is 11.7. The van der Waals surface area contributed by atoms with Crippen molar-refractivity contribution in [3.05, 3.63) is 42.2 Å². The third kappa shape index (κ3) is 4.89. The minimum Gasteiger partial charge on any atom is -0.478 e. The molecule has 0 bridgehead atoms. The molecule has 0 fully saturated rings. The van der Waals surface area contributed by atoms with Crippen molar-refractivity contribution in [2.75, 3.05) is 13.2 Å². The number of rotatable bonds is 7. The number of carbonyl (C=O) groups is 2. The minimum atomic E-state index is -1.08. The van der Waals surface area contributed by atoms with E-state index in [1.807, 2.05) is 6.92 Å². The van der Waals surface area contributed by atoms with Crippen molar-refractivity contribution in [3.8, 4) is 0 Å². The van der Waals surface area contributed by atoms with Gasteiger partial charge in [0.15, 0.2) is 0 Å². The number of amides is 1. The number of carbonyl (C=O) groups excluding carboxylic acids is 1. The summed E-state index contributed by atoms with van der Waals surface area (Å²) in [4.78, 5) is 26.1. The molecule has 0 spiro atoms. The quantitative estimate of drug-likeness (QED) is 0.720. The summed E-state index contributed by atoms with van der Waals surface area (Å²) < 4.78 is 5.30. The molecular weight excluding hydrogens is 248 g/mol. The highest BCUT2D eigenvalue weighted by molar-refractivity contribution is 5.93. The summed E-state index contributed by atoms with van der Waals surface area (Å²) in [5.41, 5.74) is 0.208. The van der Waals surface area contributed by atoms with Gasteiger partial charge >= 0.3 is 5.97 Å². The topological polar surface area (TPSA) is 88.5 Å². The van der Waals surface area contributed by atoms with Gasteiger partial charge in [-0.3, -0.25) is 9.78 Å². The number of ether oxygens (including phenoxy) is 1. The number of hydrogen-bond acceptors (Lipinski definition) is 4.